The van der Waals surface area contributed by atoms with Crippen LogP contribution in [-0.4, -0.2) is 36.7 Å². The molecule has 1 aromatic heterocycles. The number of carbonyl (C=O) groups is 1. The first-order valence-electron chi connectivity index (χ1n) is 8.32. The predicted octanol–water partition coefficient (Wildman–Crippen LogP) is 1.86. The number of rotatable bonds is 5. The lowest BCUT2D eigenvalue weighted by atomic mass is 10.1. The molecule has 1 N–H and O–H groups in total. The van der Waals surface area contributed by atoms with Crippen molar-refractivity contribution in [3.63, 3.8) is 0 Å². The molecular formula is C18H20FN3O3S. The second kappa shape index (κ2) is 7.51. The minimum atomic E-state index is -3.72. The predicted molar refractivity (Wildman–Crippen MR) is 94.1 cm³/mol. The van der Waals surface area contributed by atoms with Gasteiger partial charge in [0.2, 0.25) is 15.9 Å². The Morgan fingerprint density at radius 3 is 2.73 bits per heavy atom. The number of amides is 1. The number of aromatic nitrogens is 1. The summed E-state index contributed by atoms with van der Waals surface area (Å²) in [5.41, 5.74) is 1.77. The molecule has 8 heteroatoms. The van der Waals surface area contributed by atoms with Crippen LogP contribution in [-0.2, 0) is 21.4 Å². The minimum absolute atomic E-state index is 0.0315. The molecule has 0 saturated carbocycles. The molecular weight excluding hydrogens is 357 g/mol. The van der Waals surface area contributed by atoms with Gasteiger partial charge in [-0.1, -0.05) is 6.07 Å². The third-order valence-electron chi connectivity index (χ3n) is 4.52. The number of pyridine rings is 1. The van der Waals surface area contributed by atoms with Crippen molar-refractivity contribution in [3.05, 3.63) is 59.7 Å². The lowest BCUT2D eigenvalue weighted by Gasteiger charge is -2.16. The fourth-order valence-corrected chi connectivity index (χ4v) is 4.43. The van der Waals surface area contributed by atoms with Crippen molar-refractivity contribution in [2.45, 2.75) is 24.8 Å². The lowest BCUT2D eigenvalue weighted by molar-refractivity contribution is -0.124. The highest BCUT2D eigenvalue weighted by atomic mass is 32.2. The number of nitrogens with zero attached hydrogens (tertiary/aromatic N) is 2. The molecule has 1 atom stereocenters. The standard InChI is InChI=1S/C18H20FN3O3S/c1-13-3-2-9-20-17(13)11-21-18(23)14-8-10-22(12-14)26(24,25)16-6-4-15(19)5-7-16/h2-7,9,14H,8,10-12H2,1H3,(H,21,23)/t14-/m0/s1. The van der Waals surface area contributed by atoms with E-state index in [2.05, 4.69) is 10.3 Å². The Labute approximate surface area is 152 Å². The Bertz CT molecular complexity index is 900. The molecule has 138 valence electrons. The number of benzene rings is 1. The van der Waals surface area contributed by atoms with Gasteiger partial charge < -0.3 is 5.32 Å². The van der Waals surface area contributed by atoms with Crippen LogP contribution < -0.4 is 5.32 Å². The van der Waals surface area contributed by atoms with Crippen molar-refractivity contribution in [3.8, 4) is 0 Å². The van der Waals surface area contributed by atoms with Gasteiger partial charge in [-0.15, -0.1) is 0 Å². The molecule has 0 unspecified atom stereocenters. The van der Waals surface area contributed by atoms with Crippen molar-refractivity contribution in [2.24, 2.45) is 5.92 Å². The maximum Gasteiger partial charge on any atom is 0.243 e. The summed E-state index contributed by atoms with van der Waals surface area (Å²) in [6.07, 6.45) is 2.12. The van der Waals surface area contributed by atoms with Gasteiger partial charge in [-0.25, -0.2) is 12.8 Å². The Hall–Kier alpha value is -2.32. The number of nitrogens with one attached hydrogen (secondary N) is 1. The third-order valence-corrected chi connectivity index (χ3v) is 6.40. The fourth-order valence-electron chi connectivity index (χ4n) is 2.93. The van der Waals surface area contributed by atoms with E-state index < -0.39 is 21.8 Å². The van der Waals surface area contributed by atoms with Crippen LogP contribution in [0.3, 0.4) is 0 Å². The van der Waals surface area contributed by atoms with Gasteiger partial charge >= 0.3 is 0 Å². The summed E-state index contributed by atoms with van der Waals surface area (Å²) in [6.45, 7) is 2.61. The van der Waals surface area contributed by atoms with E-state index in [1.165, 1.54) is 16.4 Å². The van der Waals surface area contributed by atoms with E-state index in [0.717, 1.165) is 23.4 Å². The molecule has 26 heavy (non-hydrogen) atoms. The largest absolute Gasteiger partial charge is 0.350 e. The van der Waals surface area contributed by atoms with Crippen LogP contribution in [0.15, 0.2) is 47.5 Å². The van der Waals surface area contributed by atoms with Gasteiger partial charge in [0.1, 0.15) is 5.82 Å². The van der Waals surface area contributed by atoms with Crippen molar-refractivity contribution >= 4 is 15.9 Å². The number of carbonyl (C=O) groups excluding carboxylic acids is 1. The summed E-state index contributed by atoms with van der Waals surface area (Å²) in [4.78, 5) is 16.6. The molecule has 1 aromatic carbocycles. The van der Waals surface area contributed by atoms with E-state index in [-0.39, 0.29) is 23.9 Å². The van der Waals surface area contributed by atoms with Gasteiger partial charge in [0.25, 0.3) is 0 Å². The molecule has 3 rings (SSSR count). The van der Waals surface area contributed by atoms with Crippen LogP contribution in [0, 0.1) is 18.7 Å². The molecule has 0 bridgehead atoms. The number of aryl methyl sites for hydroxylation is 1. The molecule has 1 saturated heterocycles. The summed E-state index contributed by atoms with van der Waals surface area (Å²) in [7, 11) is -3.72. The average molecular weight is 377 g/mol. The Kier molecular flexibility index (Phi) is 5.33. The lowest BCUT2D eigenvalue weighted by Crippen LogP contribution is -2.34. The van der Waals surface area contributed by atoms with Crippen LogP contribution in [0.25, 0.3) is 0 Å². The van der Waals surface area contributed by atoms with E-state index in [4.69, 9.17) is 0 Å². The van der Waals surface area contributed by atoms with Gasteiger partial charge in [-0.05, 0) is 49.2 Å². The van der Waals surface area contributed by atoms with Crippen molar-refractivity contribution in [2.75, 3.05) is 13.1 Å². The molecule has 2 heterocycles. The van der Waals surface area contributed by atoms with Crippen LogP contribution in [0.5, 0.6) is 0 Å². The summed E-state index contributed by atoms with van der Waals surface area (Å²) < 4.78 is 39.5. The Morgan fingerprint density at radius 1 is 1.31 bits per heavy atom. The summed E-state index contributed by atoms with van der Waals surface area (Å²) in [5.74, 6) is -1.09. The summed E-state index contributed by atoms with van der Waals surface area (Å²) in [5, 5.41) is 2.83. The molecule has 1 fully saturated rings. The fraction of sp³-hybridized carbons (Fsp3) is 0.333. The third kappa shape index (κ3) is 3.91. The smallest absolute Gasteiger partial charge is 0.243 e. The van der Waals surface area contributed by atoms with Crippen molar-refractivity contribution in [1.29, 1.82) is 0 Å². The molecule has 0 radical (unpaired) electrons. The Morgan fingerprint density at radius 2 is 2.04 bits per heavy atom. The quantitative estimate of drug-likeness (QED) is 0.863. The van der Waals surface area contributed by atoms with E-state index in [9.17, 15) is 17.6 Å². The number of halogens is 1. The van der Waals surface area contributed by atoms with Gasteiger partial charge in [0.15, 0.2) is 0 Å². The molecule has 6 nitrogen and oxygen atoms in total. The second-order valence-electron chi connectivity index (χ2n) is 6.29. The molecule has 0 spiro atoms. The monoisotopic (exact) mass is 377 g/mol. The highest BCUT2D eigenvalue weighted by molar-refractivity contribution is 7.89. The highest BCUT2D eigenvalue weighted by Crippen LogP contribution is 2.24. The maximum atomic E-state index is 13.0. The maximum absolute atomic E-state index is 13.0. The first-order chi connectivity index (χ1) is 12.4. The first kappa shape index (κ1) is 18.5. The molecule has 1 aliphatic heterocycles. The van der Waals surface area contributed by atoms with Crippen LogP contribution >= 0.6 is 0 Å². The summed E-state index contributed by atoms with van der Waals surface area (Å²) >= 11 is 0. The minimum Gasteiger partial charge on any atom is -0.350 e. The average Bonchev–Trinajstić information content (AvgIpc) is 3.12. The van der Waals surface area contributed by atoms with Crippen molar-refractivity contribution in [1.82, 2.24) is 14.6 Å². The van der Waals surface area contributed by atoms with Gasteiger partial charge in [-0.2, -0.15) is 4.31 Å². The zero-order chi connectivity index (χ0) is 18.7. The normalized spacial score (nSPS) is 18.0. The SMILES string of the molecule is Cc1cccnc1CNC(=O)[C@H]1CCN(S(=O)(=O)c2ccc(F)cc2)C1. The van der Waals surface area contributed by atoms with Crippen LogP contribution in [0.2, 0.25) is 0 Å². The molecule has 0 aliphatic carbocycles. The van der Waals surface area contributed by atoms with Gasteiger partial charge in [-0.3, -0.25) is 9.78 Å². The highest BCUT2D eigenvalue weighted by Gasteiger charge is 2.35. The molecule has 1 amide bonds. The Balaban J connectivity index is 1.62. The number of hydrogen-bond donors (Lipinski definition) is 1. The topological polar surface area (TPSA) is 79.4 Å². The van der Waals surface area contributed by atoms with E-state index in [0.29, 0.717) is 13.0 Å². The first-order valence-corrected chi connectivity index (χ1v) is 9.76. The van der Waals surface area contributed by atoms with Crippen LogP contribution in [0.4, 0.5) is 4.39 Å². The van der Waals surface area contributed by atoms with Gasteiger partial charge in [0.05, 0.1) is 23.1 Å². The number of sulfonamides is 1. The zero-order valence-corrected chi connectivity index (χ0v) is 15.2. The molecule has 2 aromatic rings. The number of hydrogen-bond acceptors (Lipinski definition) is 4. The van der Waals surface area contributed by atoms with Gasteiger partial charge in [0, 0.05) is 19.3 Å². The van der Waals surface area contributed by atoms with Crippen LogP contribution in [0.1, 0.15) is 17.7 Å². The van der Waals surface area contributed by atoms with E-state index in [1.54, 1.807) is 6.20 Å². The van der Waals surface area contributed by atoms with E-state index >= 15 is 0 Å². The zero-order valence-electron chi connectivity index (χ0n) is 14.4. The summed E-state index contributed by atoms with van der Waals surface area (Å²) in [6, 6.07) is 8.45. The molecule has 1 aliphatic rings. The van der Waals surface area contributed by atoms with E-state index in [1.807, 2.05) is 19.1 Å². The second-order valence-corrected chi connectivity index (χ2v) is 8.23. The van der Waals surface area contributed by atoms with Crippen molar-refractivity contribution < 1.29 is 17.6 Å².